The van der Waals surface area contributed by atoms with Gasteiger partial charge in [0, 0.05) is 57.2 Å². The highest BCUT2D eigenvalue weighted by atomic mass is 16.2. The first-order valence-corrected chi connectivity index (χ1v) is 17.7. The van der Waals surface area contributed by atoms with E-state index in [0.717, 1.165) is 31.5 Å². The Balaban J connectivity index is 2.29. The molecule has 1 aromatic heterocycles. The molecule has 244 valence electrons. The van der Waals surface area contributed by atoms with E-state index in [2.05, 4.69) is 53.2 Å². The first-order valence-electron chi connectivity index (χ1n) is 17.7. The second-order valence-electron chi connectivity index (χ2n) is 12.6. The summed E-state index contributed by atoms with van der Waals surface area (Å²) in [6, 6.07) is 0.423. The van der Waals surface area contributed by atoms with Crippen LogP contribution in [0.2, 0.25) is 0 Å². The Bertz CT molecular complexity index is 711. The molecule has 0 aromatic carbocycles. The van der Waals surface area contributed by atoms with Gasteiger partial charge in [-0.1, -0.05) is 117 Å². The van der Waals surface area contributed by atoms with Gasteiger partial charge in [-0.25, -0.2) is 4.98 Å². The second kappa shape index (κ2) is 26.7. The third-order valence-corrected chi connectivity index (χ3v) is 8.35. The summed E-state index contributed by atoms with van der Waals surface area (Å²) in [4.78, 5) is 35.0. The summed E-state index contributed by atoms with van der Waals surface area (Å²) >= 11 is 0. The van der Waals surface area contributed by atoms with Crippen LogP contribution in [0.25, 0.3) is 0 Å². The van der Waals surface area contributed by atoms with Crippen molar-refractivity contribution in [3.63, 3.8) is 0 Å². The standard InChI is InChI=1S/C35H67N5O2/c1-5-7-9-11-13-15-17-19-21-31(3)38-34(41)24-27-40(26-23-33-29-36-30-37-33)28-25-35(42)39-32(4)22-20-18-16-14-12-10-8-6-2/h29-32H,5-28H2,1-4H3,(H,36,37)(H,38,41)(H,39,42). The molecule has 2 amide bonds. The number of rotatable bonds is 29. The van der Waals surface area contributed by atoms with Gasteiger partial charge in [0.25, 0.3) is 0 Å². The van der Waals surface area contributed by atoms with Crippen molar-refractivity contribution in [2.45, 2.75) is 175 Å². The van der Waals surface area contributed by atoms with Gasteiger partial charge >= 0.3 is 0 Å². The number of unbranched alkanes of at least 4 members (excludes halogenated alkanes) is 14. The molecule has 42 heavy (non-hydrogen) atoms. The number of aromatic nitrogens is 2. The highest BCUT2D eigenvalue weighted by Gasteiger charge is 2.14. The molecule has 1 rings (SSSR count). The Labute approximate surface area is 259 Å². The molecule has 0 saturated heterocycles. The maximum absolute atomic E-state index is 12.7. The van der Waals surface area contributed by atoms with E-state index in [1.807, 2.05) is 6.20 Å². The lowest BCUT2D eigenvalue weighted by molar-refractivity contribution is -0.122. The largest absolute Gasteiger partial charge is 0.354 e. The summed E-state index contributed by atoms with van der Waals surface area (Å²) in [5, 5.41) is 6.39. The van der Waals surface area contributed by atoms with Crippen LogP contribution >= 0.6 is 0 Å². The maximum atomic E-state index is 12.7. The Hall–Kier alpha value is -1.89. The molecule has 0 radical (unpaired) electrons. The van der Waals surface area contributed by atoms with Crippen molar-refractivity contribution in [3.05, 3.63) is 18.2 Å². The number of carbonyl (C=O) groups is 2. The Kier molecular flexibility index (Phi) is 24.3. The number of carbonyl (C=O) groups excluding carboxylic acids is 2. The molecule has 1 heterocycles. The summed E-state index contributed by atoms with van der Waals surface area (Å²) < 4.78 is 0. The van der Waals surface area contributed by atoms with Crippen LogP contribution in [0.1, 0.15) is 162 Å². The van der Waals surface area contributed by atoms with Crippen LogP contribution in [0.15, 0.2) is 12.5 Å². The van der Waals surface area contributed by atoms with Crippen LogP contribution in [-0.4, -0.2) is 58.4 Å². The average Bonchev–Trinajstić information content (AvgIpc) is 3.49. The highest BCUT2D eigenvalue weighted by Crippen LogP contribution is 2.12. The van der Waals surface area contributed by atoms with Crippen molar-refractivity contribution in [2.75, 3.05) is 19.6 Å². The quantitative estimate of drug-likeness (QED) is 0.0824. The molecule has 2 unspecified atom stereocenters. The first kappa shape index (κ1) is 38.1. The second-order valence-corrected chi connectivity index (χ2v) is 12.6. The molecule has 0 aliphatic carbocycles. The van der Waals surface area contributed by atoms with Gasteiger partial charge in [0.05, 0.1) is 12.0 Å². The lowest BCUT2D eigenvalue weighted by Gasteiger charge is -2.23. The molecule has 0 bridgehead atoms. The van der Waals surface area contributed by atoms with Crippen LogP contribution < -0.4 is 10.6 Å². The number of imidazole rings is 1. The number of hydrogen-bond donors (Lipinski definition) is 3. The van der Waals surface area contributed by atoms with Gasteiger partial charge in [-0.05, 0) is 26.7 Å². The molecule has 2 atom stereocenters. The van der Waals surface area contributed by atoms with Crippen molar-refractivity contribution >= 4 is 11.8 Å². The predicted octanol–water partition coefficient (Wildman–Crippen LogP) is 8.11. The van der Waals surface area contributed by atoms with Gasteiger partial charge in [0.15, 0.2) is 0 Å². The van der Waals surface area contributed by atoms with Crippen molar-refractivity contribution in [1.29, 1.82) is 0 Å². The molecule has 0 aliphatic rings. The summed E-state index contributed by atoms with van der Waals surface area (Å²) in [6.45, 7) is 10.8. The van der Waals surface area contributed by atoms with Crippen molar-refractivity contribution in [1.82, 2.24) is 25.5 Å². The molecule has 0 spiro atoms. The molecule has 0 saturated carbocycles. The fourth-order valence-corrected chi connectivity index (χ4v) is 5.56. The van der Waals surface area contributed by atoms with E-state index >= 15 is 0 Å². The van der Waals surface area contributed by atoms with Crippen LogP contribution in [0.3, 0.4) is 0 Å². The molecule has 7 heteroatoms. The van der Waals surface area contributed by atoms with Gasteiger partial charge < -0.3 is 20.5 Å². The van der Waals surface area contributed by atoms with E-state index in [-0.39, 0.29) is 23.9 Å². The van der Waals surface area contributed by atoms with Gasteiger partial charge in [-0.3, -0.25) is 9.59 Å². The normalized spacial score (nSPS) is 12.9. The molecular formula is C35H67N5O2. The van der Waals surface area contributed by atoms with Gasteiger partial charge in [-0.2, -0.15) is 0 Å². The number of nitrogens with one attached hydrogen (secondary N) is 3. The minimum Gasteiger partial charge on any atom is -0.354 e. The monoisotopic (exact) mass is 590 g/mol. The maximum Gasteiger partial charge on any atom is 0.221 e. The smallest absolute Gasteiger partial charge is 0.221 e. The summed E-state index contributed by atoms with van der Waals surface area (Å²) in [7, 11) is 0. The molecule has 3 N–H and O–H groups in total. The lowest BCUT2D eigenvalue weighted by atomic mass is 10.1. The predicted molar refractivity (Wildman–Crippen MR) is 178 cm³/mol. The van der Waals surface area contributed by atoms with E-state index in [4.69, 9.17) is 0 Å². The van der Waals surface area contributed by atoms with E-state index in [9.17, 15) is 9.59 Å². The minimum atomic E-state index is 0.107. The topological polar surface area (TPSA) is 90.1 Å². The SMILES string of the molecule is CCCCCCCCCCC(C)NC(=O)CCN(CCC(=O)NC(C)CCCCCCCCCC)CCc1c[nH]cn1. The third-order valence-electron chi connectivity index (χ3n) is 8.35. The minimum absolute atomic E-state index is 0.107. The van der Waals surface area contributed by atoms with E-state index in [1.165, 1.54) is 103 Å². The number of aromatic amines is 1. The van der Waals surface area contributed by atoms with Crippen molar-refractivity contribution < 1.29 is 9.59 Å². The summed E-state index contributed by atoms with van der Waals surface area (Å²) in [5.41, 5.74) is 1.01. The van der Waals surface area contributed by atoms with Crippen molar-refractivity contribution in [3.8, 4) is 0 Å². The van der Waals surface area contributed by atoms with Crippen LogP contribution in [0.4, 0.5) is 0 Å². The number of H-pyrrole nitrogens is 1. The lowest BCUT2D eigenvalue weighted by Crippen LogP contribution is -2.38. The zero-order valence-electron chi connectivity index (χ0n) is 28.0. The molecule has 1 aromatic rings. The average molecular weight is 590 g/mol. The highest BCUT2D eigenvalue weighted by molar-refractivity contribution is 5.77. The van der Waals surface area contributed by atoms with Gasteiger partial charge in [0.2, 0.25) is 11.8 Å². The summed E-state index contributed by atoms with van der Waals surface area (Å²) in [5.74, 6) is 0.213. The molecule has 0 fully saturated rings. The number of hydrogen-bond acceptors (Lipinski definition) is 4. The number of amides is 2. The fraction of sp³-hybridized carbons (Fsp3) is 0.857. The Morgan fingerprint density at radius 1 is 0.690 bits per heavy atom. The van der Waals surface area contributed by atoms with Gasteiger partial charge in [0.1, 0.15) is 0 Å². The molecule has 7 nitrogen and oxygen atoms in total. The van der Waals surface area contributed by atoms with E-state index in [0.29, 0.717) is 25.9 Å². The zero-order chi connectivity index (χ0) is 30.7. The third kappa shape index (κ3) is 22.7. The fourth-order valence-electron chi connectivity index (χ4n) is 5.56. The Morgan fingerprint density at radius 2 is 1.12 bits per heavy atom. The van der Waals surface area contributed by atoms with Crippen molar-refractivity contribution in [2.24, 2.45) is 0 Å². The number of nitrogens with zero attached hydrogens (tertiary/aromatic N) is 2. The molecule has 0 aliphatic heterocycles. The first-order chi connectivity index (χ1) is 20.4. The van der Waals surface area contributed by atoms with E-state index in [1.54, 1.807) is 6.33 Å². The van der Waals surface area contributed by atoms with Crippen LogP contribution in [0.5, 0.6) is 0 Å². The van der Waals surface area contributed by atoms with Crippen LogP contribution in [0, 0.1) is 0 Å². The molecular weight excluding hydrogens is 522 g/mol. The Morgan fingerprint density at radius 3 is 1.52 bits per heavy atom. The summed E-state index contributed by atoms with van der Waals surface area (Å²) in [6.07, 6.45) is 28.3. The van der Waals surface area contributed by atoms with Gasteiger partial charge in [-0.15, -0.1) is 0 Å². The zero-order valence-corrected chi connectivity index (χ0v) is 28.0. The van der Waals surface area contributed by atoms with E-state index < -0.39 is 0 Å². The van der Waals surface area contributed by atoms with Crippen LogP contribution in [-0.2, 0) is 16.0 Å².